The SMILES string of the molecule is CCCc1cc2c(N3CCn4c(nnc4C(F)(F)F)C3)nc(N3CCCC3C(=O)OCOC(=O)C(C)(C)C)nc2s1. The van der Waals surface area contributed by atoms with Crippen molar-refractivity contribution in [3.8, 4) is 0 Å². The van der Waals surface area contributed by atoms with Crippen molar-refractivity contribution in [2.75, 3.05) is 29.7 Å². The molecule has 1 unspecified atom stereocenters. The monoisotopic (exact) mass is 595 g/mol. The number of hydrogen-bond donors (Lipinski definition) is 0. The zero-order chi connectivity index (χ0) is 29.5. The van der Waals surface area contributed by atoms with Gasteiger partial charge in [-0.1, -0.05) is 13.3 Å². The summed E-state index contributed by atoms with van der Waals surface area (Å²) >= 11 is 1.53. The van der Waals surface area contributed by atoms with Crippen molar-refractivity contribution in [2.45, 2.75) is 78.7 Å². The number of fused-ring (bicyclic) bond motifs is 2. The van der Waals surface area contributed by atoms with Gasteiger partial charge >= 0.3 is 18.1 Å². The highest BCUT2D eigenvalue weighted by Crippen LogP contribution is 2.37. The maximum atomic E-state index is 13.4. The number of anilines is 2. The first-order valence-corrected chi connectivity index (χ1v) is 14.3. The minimum atomic E-state index is -4.59. The summed E-state index contributed by atoms with van der Waals surface area (Å²) in [4.78, 5) is 40.2. The number of carbonyl (C=O) groups excluding carboxylic acids is 2. The molecule has 1 fully saturated rings. The number of esters is 2. The lowest BCUT2D eigenvalue weighted by Gasteiger charge is -2.30. The molecule has 0 bridgehead atoms. The number of aromatic nitrogens is 5. The molecule has 41 heavy (non-hydrogen) atoms. The lowest BCUT2D eigenvalue weighted by molar-refractivity contribution is -0.173. The second-order valence-corrected chi connectivity index (χ2v) is 12.3. The zero-order valence-corrected chi connectivity index (χ0v) is 24.1. The van der Waals surface area contributed by atoms with E-state index in [9.17, 15) is 22.8 Å². The third-order valence-corrected chi connectivity index (χ3v) is 8.09. The maximum absolute atomic E-state index is 13.4. The van der Waals surface area contributed by atoms with Crippen LogP contribution in [0.4, 0.5) is 24.9 Å². The molecule has 222 valence electrons. The normalized spacial score (nSPS) is 17.7. The van der Waals surface area contributed by atoms with Gasteiger partial charge in [-0.3, -0.25) is 4.79 Å². The van der Waals surface area contributed by atoms with Crippen LogP contribution < -0.4 is 9.80 Å². The number of halogens is 3. The Kier molecular flexibility index (Phi) is 7.83. The lowest BCUT2D eigenvalue weighted by atomic mass is 9.98. The van der Waals surface area contributed by atoms with E-state index in [1.807, 2.05) is 11.0 Å². The van der Waals surface area contributed by atoms with Gasteiger partial charge in [0.15, 0.2) is 5.82 Å². The Labute approximate surface area is 238 Å². The fourth-order valence-electron chi connectivity index (χ4n) is 4.94. The molecule has 5 rings (SSSR count). The number of hydrogen-bond acceptors (Lipinski definition) is 11. The minimum Gasteiger partial charge on any atom is -0.427 e. The summed E-state index contributed by atoms with van der Waals surface area (Å²) < 4.78 is 51.6. The second-order valence-electron chi connectivity index (χ2n) is 11.2. The summed E-state index contributed by atoms with van der Waals surface area (Å²) in [5.41, 5.74) is -0.723. The van der Waals surface area contributed by atoms with Crippen molar-refractivity contribution in [3.05, 3.63) is 22.6 Å². The molecular formula is C26H32F3N7O4S. The second kappa shape index (κ2) is 11.1. The summed E-state index contributed by atoms with van der Waals surface area (Å²) in [6.07, 6.45) is -1.58. The Hall–Kier alpha value is -3.49. The van der Waals surface area contributed by atoms with E-state index in [0.717, 1.165) is 32.5 Å². The van der Waals surface area contributed by atoms with Gasteiger partial charge in [0.25, 0.3) is 0 Å². The Bertz CT molecular complexity index is 1450. The molecule has 0 amide bonds. The molecule has 2 aliphatic heterocycles. The molecule has 2 aliphatic rings. The van der Waals surface area contributed by atoms with Crippen molar-refractivity contribution in [2.24, 2.45) is 5.41 Å². The summed E-state index contributed by atoms with van der Waals surface area (Å²) in [5, 5.41) is 8.00. The number of rotatable bonds is 7. The molecule has 0 aromatic carbocycles. The third kappa shape index (κ3) is 5.95. The Balaban J connectivity index is 1.42. The predicted molar refractivity (Wildman–Crippen MR) is 144 cm³/mol. The lowest BCUT2D eigenvalue weighted by Crippen LogP contribution is -2.40. The smallest absolute Gasteiger partial charge is 0.427 e. The van der Waals surface area contributed by atoms with Crippen LogP contribution in [0.25, 0.3) is 10.2 Å². The number of thiophene rings is 1. The topological polar surface area (TPSA) is 116 Å². The molecule has 11 nitrogen and oxygen atoms in total. The highest BCUT2D eigenvalue weighted by atomic mass is 32.1. The minimum absolute atomic E-state index is 0.0515. The average Bonchev–Trinajstić information content (AvgIpc) is 3.64. The Morgan fingerprint density at radius 3 is 2.59 bits per heavy atom. The third-order valence-electron chi connectivity index (χ3n) is 7.00. The van der Waals surface area contributed by atoms with Crippen LogP contribution in [0.3, 0.4) is 0 Å². The molecular weight excluding hydrogens is 563 g/mol. The van der Waals surface area contributed by atoms with Crippen LogP contribution in [0.2, 0.25) is 0 Å². The van der Waals surface area contributed by atoms with Crippen LogP contribution in [-0.2, 0) is 44.7 Å². The molecule has 1 saturated heterocycles. The highest BCUT2D eigenvalue weighted by molar-refractivity contribution is 7.18. The first-order valence-electron chi connectivity index (χ1n) is 13.5. The molecule has 1 atom stereocenters. The van der Waals surface area contributed by atoms with Gasteiger partial charge in [0.1, 0.15) is 16.7 Å². The van der Waals surface area contributed by atoms with E-state index in [1.165, 1.54) is 11.3 Å². The van der Waals surface area contributed by atoms with E-state index < -0.39 is 42.2 Å². The van der Waals surface area contributed by atoms with Crippen LogP contribution in [0.15, 0.2) is 6.07 Å². The van der Waals surface area contributed by atoms with Gasteiger partial charge in [0.2, 0.25) is 18.6 Å². The maximum Gasteiger partial charge on any atom is 0.451 e. The van der Waals surface area contributed by atoms with Gasteiger partial charge in [-0.2, -0.15) is 18.2 Å². The molecule has 3 aromatic rings. The molecule has 0 N–H and O–H groups in total. The Morgan fingerprint density at radius 2 is 1.88 bits per heavy atom. The molecule has 0 spiro atoms. The number of alkyl halides is 3. The van der Waals surface area contributed by atoms with Crippen molar-refractivity contribution >= 4 is 45.3 Å². The van der Waals surface area contributed by atoms with Crippen molar-refractivity contribution < 1.29 is 32.2 Å². The molecule has 5 heterocycles. The van der Waals surface area contributed by atoms with E-state index in [0.29, 0.717) is 31.2 Å². The number of nitrogens with zero attached hydrogens (tertiary/aromatic N) is 7. The van der Waals surface area contributed by atoms with Crippen LogP contribution >= 0.6 is 11.3 Å². The van der Waals surface area contributed by atoms with Gasteiger partial charge < -0.3 is 23.8 Å². The molecule has 15 heteroatoms. The fourth-order valence-corrected chi connectivity index (χ4v) is 6.06. The quantitative estimate of drug-likeness (QED) is 0.289. The standard InChI is InChI=1S/C26H32F3N7O4S/c1-5-7-15-12-16-19(34-10-11-36-18(13-34)32-33-22(36)26(27,28)29)30-24(31-20(16)41-15)35-9-6-8-17(35)21(37)39-14-40-23(38)25(2,3)4/h12,17H,5-11,13-14H2,1-4H3. The summed E-state index contributed by atoms with van der Waals surface area (Å²) in [7, 11) is 0. The number of ether oxygens (including phenoxy) is 2. The number of aryl methyl sites for hydroxylation is 1. The first-order chi connectivity index (χ1) is 19.4. The van der Waals surface area contributed by atoms with Crippen LogP contribution in [0, 0.1) is 5.41 Å². The largest absolute Gasteiger partial charge is 0.451 e. The van der Waals surface area contributed by atoms with E-state index in [-0.39, 0.29) is 25.5 Å². The van der Waals surface area contributed by atoms with E-state index >= 15 is 0 Å². The van der Waals surface area contributed by atoms with Gasteiger partial charge in [0, 0.05) is 24.5 Å². The molecule has 0 radical (unpaired) electrons. The average molecular weight is 596 g/mol. The summed E-state index contributed by atoms with van der Waals surface area (Å²) in [6.45, 7) is 7.65. The predicted octanol–water partition coefficient (Wildman–Crippen LogP) is 4.33. The van der Waals surface area contributed by atoms with Gasteiger partial charge in [-0.25, -0.2) is 9.78 Å². The van der Waals surface area contributed by atoms with E-state index in [1.54, 1.807) is 25.7 Å². The van der Waals surface area contributed by atoms with Crippen LogP contribution in [-0.4, -0.2) is 62.6 Å². The van der Waals surface area contributed by atoms with Crippen LogP contribution in [0.1, 0.15) is 63.5 Å². The molecule has 3 aromatic heterocycles. The molecule has 0 aliphatic carbocycles. The van der Waals surface area contributed by atoms with Gasteiger partial charge in [0.05, 0.1) is 17.3 Å². The van der Waals surface area contributed by atoms with Crippen LogP contribution in [0.5, 0.6) is 0 Å². The fraction of sp³-hybridized carbons (Fsp3) is 0.615. The Morgan fingerprint density at radius 1 is 1.10 bits per heavy atom. The summed E-state index contributed by atoms with van der Waals surface area (Å²) in [5.74, 6) is -0.914. The van der Waals surface area contributed by atoms with E-state index in [2.05, 4.69) is 17.1 Å². The first kappa shape index (κ1) is 29.0. The highest BCUT2D eigenvalue weighted by Gasteiger charge is 2.40. The molecule has 0 saturated carbocycles. The number of carbonyl (C=O) groups is 2. The van der Waals surface area contributed by atoms with E-state index in [4.69, 9.17) is 19.4 Å². The zero-order valence-electron chi connectivity index (χ0n) is 23.3. The van der Waals surface area contributed by atoms with Crippen molar-refractivity contribution in [3.63, 3.8) is 0 Å². The summed E-state index contributed by atoms with van der Waals surface area (Å²) in [6, 6.07) is 1.37. The van der Waals surface area contributed by atoms with Crippen molar-refractivity contribution in [1.29, 1.82) is 0 Å². The van der Waals surface area contributed by atoms with Gasteiger partial charge in [-0.15, -0.1) is 21.5 Å². The van der Waals surface area contributed by atoms with Gasteiger partial charge in [-0.05, 0) is 46.1 Å². The van der Waals surface area contributed by atoms with Crippen molar-refractivity contribution in [1.82, 2.24) is 24.7 Å².